The van der Waals surface area contributed by atoms with Gasteiger partial charge >= 0.3 is 51.4 Å². The SMILES string of the molecule is NNS(=O)(=O)c1ccccc1.[KH]. The second-order valence-corrected chi connectivity index (χ2v) is 3.65. The Balaban J connectivity index is 0.00000121. The van der Waals surface area contributed by atoms with Gasteiger partial charge in [-0.15, -0.1) is 0 Å². The molecule has 0 fully saturated rings. The Kier molecular flexibility index (Phi) is 5.79. The van der Waals surface area contributed by atoms with Gasteiger partial charge in [0.05, 0.1) is 4.90 Å². The number of rotatable bonds is 2. The van der Waals surface area contributed by atoms with Crippen LogP contribution in [0, 0.1) is 0 Å². The van der Waals surface area contributed by atoms with E-state index in [4.69, 9.17) is 5.84 Å². The average Bonchev–Trinajstić information content (AvgIpc) is 2.06. The van der Waals surface area contributed by atoms with E-state index in [2.05, 4.69) is 0 Å². The van der Waals surface area contributed by atoms with E-state index in [1.807, 2.05) is 0 Å². The Morgan fingerprint density at radius 1 is 1.17 bits per heavy atom. The number of nitrogens with two attached hydrogens (primary N) is 1. The molecule has 0 aliphatic carbocycles. The molecule has 62 valence electrons. The molecule has 0 saturated carbocycles. The van der Waals surface area contributed by atoms with E-state index in [-0.39, 0.29) is 56.3 Å². The average molecular weight is 212 g/mol. The van der Waals surface area contributed by atoms with E-state index < -0.39 is 10.0 Å². The van der Waals surface area contributed by atoms with Gasteiger partial charge in [-0.3, -0.25) is 5.84 Å². The monoisotopic (exact) mass is 212 g/mol. The summed E-state index contributed by atoms with van der Waals surface area (Å²) in [7, 11) is -3.47. The van der Waals surface area contributed by atoms with E-state index in [9.17, 15) is 8.42 Å². The molecule has 0 bridgehead atoms. The van der Waals surface area contributed by atoms with Gasteiger partial charge in [0.2, 0.25) is 0 Å². The predicted octanol–water partition coefficient (Wildman–Crippen LogP) is -0.810. The van der Waals surface area contributed by atoms with Gasteiger partial charge < -0.3 is 0 Å². The topological polar surface area (TPSA) is 72.2 Å². The molecular formula is C6H9KN2O2S. The molecule has 3 N–H and O–H groups in total. The molecular weight excluding hydrogens is 203 g/mol. The first-order valence-electron chi connectivity index (χ1n) is 2.94. The van der Waals surface area contributed by atoms with E-state index >= 15 is 0 Å². The van der Waals surface area contributed by atoms with Crippen LogP contribution in [0.25, 0.3) is 0 Å². The van der Waals surface area contributed by atoms with Crippen LogP contribution in [0.4, 0.5) is 0 Å². The predicted molar refractivity (Wildman–Crippen MR) is 48.1 cm³/mol. The van der Waals surface area contributed by atoms with Crippen molar-refractivity contribution in [2.24, 2.45) is 5.84 Å². The third-order valence-corrected chi connectivity index (χ3v) is 2.41. The number of sulfonamides is 1. The number of hydrogen-bond donors (Lipinski definition) is 2. The molecule has 0 aliphatic rings. The maximum absolute atomic E-state index is 11.0. The molecule has 1 aromatic rings. The fourth-order valence-electron chi connectivity index (χ4n) is 0.668. The van der Waals surface area contributed by atoms with Crippen molar-refractivity contribution in [1.29, 1.82) is 0 Å². The summed E-state index contributed by atoms with van der Waals surface area (Å²) in [6.45, 7) is 0. The van der Waals surface area contributed by atoms with Gasteiger partial charge in [-0.2, -0.15) is 4.83 Å². The summed E-state index contributed by atoms with van der Waals surface area (Å²) in [4.78, 5) is 1.90. The van der Waals surface area contributed by atoms with Gasteiger partial charge in [-0.05, 0) is 12.1 Å². The standard InChI is InChI=1S/C6H8N2O2S.K.H/c7-8-11(9,10)6-4-2-1-3-5-6;;/h1-5,8H,7H2;;. The van der Waals surface area contributed by atoms with Gasteiger partial charge in [0.25, 0.3) is 10.0 Å². The van der Waals surface area contributed by atoms with Crippen molar-refractivity contribution in [2.45, 2.75) is 4.90 Å². The van der Waals surface area contributed by atoms with Crippen LogP contribution in [0.15, 0.2) is 35.2 Å². The molecule has 1 aromatic carbocycles. The van der Waals surface area contributed by atoms with E-state index in [0.29, 0.717) is 0 Å². The quantitative estimate of drug-likeness (QED) is 0.382. The molecule has 0 atom stereocenters. The molecule has 12 heavy (non-hydrogen) atoms. The van der Waals surface area contributed by atoms with Crippen LogP contribution in [-0.4, -0.2) is 59.8 Å². The van der Waals surface area contributed by atoms with Crippen molar-refractivity contribution in [2.75, 3.05) is 0 Å². The summed E-state index contributed by atoms with van der Waals surface area (Å²) in [5.74, 6) is 4.80. The van der Waals surface area contributed by atoms with Gasteiger partial charge in [0.15, 0.2) is 0 Å². The van der Waals surface area contributed by atoms with Crippen LogP contribution in [0.1, 0.15) is 0 Å². The summed E-state index contributed by atoms with van der Waals surface area (Å²) >= 11 is 0. The summed E-state index contributed by atoms with van der Waals surface area (Å²) in [5, 5.41) is 0. The maximum atomic E-state index is 11.0. The van der Waals surface area contributed by atoms with E-state index in [1.54, 1.807) is 23.0 Å². The zero-order valence-electron chi connectivity index (χ0n) is 5.69. The molecule has 0 saturated heterocycles. The Morgan fingerprint density at radius 2 is 1.67 bits per heavy atom. The zero-order chi connectivity index (χ0) is 8.32. The number of benzene rings is 1. The van der Waals surface area contributed by atoms with Crippen molar-refractivity contribution in [3.05, 3.63) is 30.3 Å². The zero-order valence-corrected chi connectivity index (χ0v) is 6.51. The number of nitrogens with one attached hydrogen (secondary N) is 1. The Morgan fingerprint density at radius 3 is 2.08 bits per heavy atom. The number of hydrogen-bond acceptors (Lipinski definition) is 3. The third-order valence-electron chi connectivity index (χ3n) is 1.21. The van der Waals surface area contributed by atoms with Crippen molar-refractivity contribution in [1.82, 2.24) is 4.83 Å². The molecule has 0 unspecified atom stereocenters. The molecule has 1 rings (SSSR count). The first-order valence-corrected chi connectivity index (χ1v) is 4.42. The third kappa shape index (κ3) is 3.23. The molecule has 0 aliphatic heterocycles. The van der Waals surface area contributed by atoms with Crippen LogP contribution < -0.4 is 10.7 Å². The summed E-state index contributed by atoms with van der Waals surface area (Å²) in [6.07, 6.45) is 0. The second kappa shape index (κ2) is 5.46. The number of hydrazine groups is 1. The molecule has 0 radical (unpaired) electrons. The fraction of sp³-hybridized carbons (Fsp3) is 0. The first-order chi connectivity index (χ1) is 5.17. The van der Waals surface area contributed by atoms with Gasteiger partial charge in [0.1, 0.15) is 0 Å². The molecule has 0 aromatic heterocycles. The van der Waals surface area contributed by atoms with E-state index in [1.165, 1.54) is 12.1 Å². The van der Waals surface area contributed by atoms with Crippen LogP contribution in [0.5, 0.6) is 0 Å². The van der Waals surface area contributed by atoms with E-state index in [0.717, 1.165) is 0 Å². The van der Waals surface area contributed by atoms with Crippen LogP contribution >= 0.6 is 0 Å². The summed E-state index contributed by atoms with van der Waals surface area (Å²) in [5.41, 5.74) is 0. The second-order valence-electron chi connectivity index (χ2n) is 1.93. The fourth-order valence-corrected chi connectivity index (χ4v) is 1.32. The summed E-state index contributed by atoms with van der Waals surface area (Å²) < 4.78 is 21.9. The first kappa shape index (κ1) is 12.7. The normalized spacial score (nSPS) is 10.4. The minimum atomic E-state index is -3.47. The van der Waals surface area contributed by atoms with Crippen molar-refractivity contribution in [3.8, 4) is 0 Å². The molecule has 0 spiro atoms. The Bertz CT molecular complexity index is 325. The van der Waals surface area contributed by atoms with Gasteiger partial charge in [-0.25, -0.2) is 8.42 Å². The van der Waals surface area contributed by atoms with Crippen molar-refractivity contribution >= 4 is 61.4 Å². The van der Waals surface area contributed by atoms with Crippen molar-refractivity contribution < 1.29 is 8.42 Å². The Hall–Kier alpha value is 0.726. The molecule has 4 nitrogen and oxygen atoms in total. The van der Waals surface area contributed by atoms with Crippen molar-refractivity contribution in [3.63, 3.8) is 0 Å². The minimum absolute atomic E-state index is 0. The van der Waals surface area contributed by atoms with Gasteiger partial charge in [-0.1, -0.05) is 18.2 Å². The van der Waals surface area contributed by atoms with Crippen LogP contribution in [0.2, 0.25) is 0 Å². The molecule has 0 heterocycles. The molecule has 6 heteroatoms. The summed E-state index contributed by atoms with van der Waals surface area (Å²) in [6, 6.07) is 7.92. The Labute approximate surface area is 114 Å². The van der Waals surface area contributed by atoms with Crippen LogP contribution in [0.3, 0.4) is 0 Å². The van der Waals surface area contributed by atoms with Gasteiger partial charge in [0, 0.05) is 0 Å². The van der Waals surface area contributed by atoms with Crippen LogP contribution in [-0.2, 0) is 10.0 Å². The molecule has 0 amide bonds.